The van der Waals surface area contributed by atoms with Crippen molar-refractivity contribution in [1.29, 1.82) is 0 Å². The molecular formula is C18H25N5O2. The molecule has 0 N–H and O–H groups in total. The van der Waals surface area contributed by atoms with Crippen molar-refractivity contribution < 1.29 is 9.32 Å². The predicted molar refractivity (Wildman–Crippen MR) is 91.0 cm³/mol. The van der Waals surface area contributed by atoms with Gasteiger partial charge in [0.2, 0.25) is 11.8 Å². The molecule has 0 spiro atoms. The zero-order valence-corrected chi connectivity index (χ0v) is 14.9. The molecule has 0 aromatic carbocycles. The van der Waals surface area contributed by atoms with Gasteiger partial charge in [0.05, 0.1) is 0 Å². The van der Waals surface area contributed by atoms with E-state index in [-0.39, 0.29) is 17.8 Å². The van der Waals surface area contributed by atoms with Crippen molar-refractivity contribution in [3.8, 4) is 0 Å². The van der Waals surface area contributed by atoms with Gasteiger partial charge in [0.1, 0.15) is 0 Å². The lowest BCUT2D eigenvalue weighted by Gasteiger charge is -2.34. The Morgan fingerprint density at radius 2 is 2.04 bits per heavy atom. The van der Waals surface area contributed by atoms with Crippen LogP contribution in [0.1, 0.15) is 62.4 Å². The lowest BCUT2D eigenvalue weighted by molar-refractivity contribution is -0.137. The van der Waals surface area contributed by atoms with Crippen LogP contribution in [0, 0.1) is 5.92 Å². The molecule has 0 saturated carbocycles. The van der Waals surface area contributed by atoms with E-state index in [1.54, 1.807) is 0 Å². The maximum atomic E-state index is 12.9. The van der Waals surface area contributed by atoms with Gasteiger partial charge in [-0.2, -0.15) is 10.1 Å². The third-order valence-corrected chi connectivity index (χ3v) is 5.43. The Labute approximate surface area is 147 Å². The number of amides is 1. The average Bonchev–Trinajstić information content (AvgIpc) is 3.30. The first kappa shape index (κ1) is 16.3. The summed E-state index contributed by atoms with van der Waals surface area (Å²) in [7, 11) is 0. The predicted octanol–water partition coefficient (Wildman–Crippen LogP) is 2.36. The molecule has 2 aromatic heterocycles. The molecule has 2 aromatic rings. The number of hydrogen-bond donors (Lipinski definition) is 0. The van der Waals surface area contributed by atoms with E-state index in [2.05, 4.69) is 29.1 Å². The molecule has 2 aliphatic heterocycles. The molecule has 1 fully saturated rings. The fraction of sp³-hybridized carbons (Fsp3) is 0.667. The third kappa shape index (κ3) is 3.19. The molecule has 2 aliphatic rings. The molecule has 1 atom stereocenters. The molecule has 0 radical (unpaired) electrons. The number of piperidine rings is 1. The molecule has 1 saturated heterocycles. The molecule has 4 heterocycles. The molecule has 1 unspecified atom stereocenters. The van der Waals surface area contributed by atoms with Gasteiger partial charge in [-0.15, -0.1) is 0 Å². The highest BCUT2D eigenvalue weighted by Gasteiger charge is 2.32. The minimum Gasteiger partial charge on any atom is -0.342 e. The quantitative estimate of drug-likeness (QED) is 0.855. The topological polar surface area (TPSA) is 77.0 Å². The van der Waals surface area contributed by atoms with E-state index < -0.39 is 0 Å². The molecule has 134 valence electrons. The van der Waals surface area contributed by atoms with Gasteiger partial charge in [-0.25, -0.2) is 0 Å². The summed E-state index contributed by atoms with van der Waals surface area (Å²) in [5, 5.41) is 8.35. The number of aromatic nitrogens is 4. The molecule has 4 rings (SSSR count). The Bertz CT molecular complexity index is 742. The molecular weight excluding hydrogens is 318 g/mol. The van der Waals surface area contributed by atoms with Crippen molar-refractivity contribution in [3.63, 3.8) is 0 Å². The van der Waals surface area contributed by atoms with E-state index in [4.69, 9.17) is 4.52 Å². The van der Waals surface area contributed by atoms with Gasteiger partial charge in [-0.05, 0) is 25.3 Å². The number of likely N-dealkylation sites (tertiary alicyclic amines) is 1. The second-order valence-corrected chi connectivity index (χ2v) is 7.48. The summed E-state index contributed by atoms with van der Waals surface area (Å²) in [4.78, 5) is 19.4. The van der Waals surface area contributed by atoms with Crippen molar-refractivity contribution in [2.45, 2.75) is 57.9 Å². The fourth-order valence-corrected chi connectivity index (χ4v) is 3.83. The van der Waals surface area contributed by atoms with Crippen LogP contribution in [-0.2, 0) is 17.8 Å². The first-order chi connectivity index (χ1) is 12.1. The molecule has 25 heavy (non-hydrogen) atoms. The van der Waals surface area contributed by atoms with E-state index in [1.807, 2.05) is 21.8 Å². The Morgan fingerprint density at radius 1 is 1.24 bits per heavy atom. The monoisotopic (exact) mass is 343 g/mol. The van der Waals surface area contributed by atoms with Gasteiger partial charge in [-0.1, -0.05) is 19.0 Å². The molecule has 7 nitrogen and oxygen atoms in total. The van der Waals surface area contributed by atoms with Crippen LogP contribution in [0.3, 0.4) is 0 Å². The van der Waals surface area contributed by atoms with Crippen LogP contribution in [-0.4, -0.2) is 43.8 Å². The number of carbonyl (C=O) groups excluding carboxylic acids is 1. The highest BCUT2D eigenvalue weighted by Crippen LogP contribution is 2.30. The lowest BCUT2D eigenvalue weighted by atomic mass is 9.91. The van der Waals surface area contributed by atoms with Crippen LogP contribution in [0.2, 0.25) is 0 Å². The smallest absolute Gasteiger partial charge is 0.229 e. The summed E-state index contributed by atoms with van der Waals surface area (Å²) in [5.74, 6) is 2.44. The van der Waals surface area contributed by atoms with Gasteiger partial charge in [0.15, 0.2) is 5.82 Å². The molecule has 7 heteroatoms. The van der Waals surface area contributed by atoms with Crippen molar-refractivity contribution in [1.82, 2.24) is 24.8 Å². The van der Waals surface area contributed by atoms with Crippen LogP contribution in [0.15, 0.2) is 16.8 Å². The minimum absolute atomic E-state index is 0.0942. The van der Waals surface area contributed by atoms with E-state index in [1.165, 1.54) is 5.69 Å². The minimum atomic E-state index is 0.0942. The molecule has 0 aliphatic carbocycles. The lowest BCUT2D eigenvalue weighted by Crippen LogP contribution is -2.43. The second kappa shape index (κ2) is 6.61. The van der Waals surface area contributed by atoms with Gasteiger partial charge >= 0.3 is 0 Å². The Balaban J connectivity index is 1.34. The zero-order valence-electron chi connectivity index (χ0n) is 14.9. The maximum absolute atomic E-state index is 12.9. The SMILES string of the molecule is CC(C)c1noc(C2CCN(C(=O)C3CCn4nccc4C3)CC2)n1. The van der Waals surface area contributed by atoms with Crippen molar-refractivity contribution >= 4 is 5.91 Å². The molecule has 0 bridgehead atoms. The number of carbonyl (C=O) groups is 1. The maximum Gasteiger partial charge on any atom is 0.229 e. The van der Waals surface area contributed by atoms with Gasteiger partial charge < -0.3 is 9.42 Å². The Kier molecular flexibility index (Phi) is 4.31. The van der Waals surface area contributed by atoms with Crippen molar-refractivity contribution in [3.05, 3.63) is 29.7 Å². The Hall–Kier alpha value is -2.18. The van der Waals surface area contributed by atoms with Crippen LogP contribution >= 0.6 is 0 Å². The summed E-state index contributed by atoms with van der Waals surface area (Å²) in [6.45, 7) is 6.52. The number of hydrogen-bond acceptors (Lipinski definition) is 5. The van der Waals surface area contributed by atoms with Crippen molar-refractivity contribution in [2.75, 3.05) is 13.1 Å². The van der Waals surface area contributed by atoms with Crippen LogP contribution in [0.5, 0.6) is 0 Å². The van der Waals surface area contributed by atoms with E-state index in [9.17, 15) is 4.79 Å². The standard InChI is InChI=1S/C18H25N5O2/c1-12(2)16-20-17(25-21-16)13-4-8-22(9-5-13)18(24)14-6-10-23-15(11-14)3-7-19-23/h3,7,12-14H,4-6,8-11H2,1-2H3. The summed E-state index contributed by atoms with van der Waals surface area (Å²) < 4.78 is 7.45. The number of rotatable bonds is 3. The van der Waals surface area contributed by atoms with Crippen LogP contribution in [0.4, 0.5) is 0 Å². The Morgan fingerprint density at radius 3 is 2.76 bits per heavy atom. The average molecular weight is 343 g/mol. The highest BCUT2D eigenvalue weighted by molar-refractivity contribution is 5.79. The summed E-state index contributed by atoms with van der Waals surface area (Å²) in [5.41, 5.74) is 1.17. The van der Waals surface area contributed by atoms with Crippen molar-refractivity contribution in [2.24, 2.45) is 5.92 Å². The zero-order chi connectivity index (χ0) is 17.4. The summed E-state index contributed by atoms with van der Waals surface area (Å²) in [6.07, 6.45) is 5.31. The normalized spacial score (nSPS) is 21.6. The highest BCUT2D eigenvalue weighted by atomic mass is 16.5. The first-order valence-corrected chi connectivity index (χ1v) is 9.25. The van der Waals surface area contributed by atoms with E-state index in [0.29, 0.717) is 5.91 Å². The van der Waals surface area contributed by atoms with E-state index >= 15 is 0 Å². The number of fused-ring (bicyclic) bond motifs is 1. The third-order valence-electron chi connectivity index (χ3n) is 5.43. The van der Waals surface area contributed by atoms with Gasteiger partial charge in [0, 0.05) is 55.7 Å². The van der Waals surface area contributed by atoms with Gasteiger partial charge in [-0.3, -0.25) is 9.48 Å². The largest absolute Gasteiger partial charge is 0.342 e. The summed E-state index contributed by atoms with van der Waals surface area (Å²) >= 11 is 0. The van der Waals surface area contributed by atoms with Crippen LogP contribution < -0.4 is 0 Å². The van der Waals surface area contributed by atoms with E-state index in [0.717, 1.165) is 57.0 Å². The van der Waals surface area contributed by atoms with Crippen LogP contribution in [0.25, 0.3) is 0 Å². The fourth-order valence-electron chi connectivity index (χ4n) is 3.83. The first-order valence-electron chi connectivity index (χ1n) is 9.25. The van der Waals surface area contributed by atoms with Gasteiger partial charge in [0.25, 0.3) is 0 Å². The summed E-state index contributed by atoms with van der Waals surface area (Å²) in [6, 6.07) is 2.02. The second-order valence-electron chi connectivity index (χ2n) is 7.48. The molecule has 1 amide bonds. The number of nitrogens with zero attached hydrogens (tertiary/aromatic N) is 5. The number of aryl methyl sites for hydroxylation is 1.